The topological polar surface area (TPSA) is 58.6 Å². The van der Waals surface area contributed by atoms with Crippen molar-refractivity contribution in [3.05, 3.63) is 89.2 Å². The molecule has 1 fully saturated rings. The van der Waals surface area contributed by atoms with Crippen LogP contribution in [0.25, 0.3) is 0 Å². The SMILES string of the molecule is CC1=CC(O/C=C2/C(=O)NC3c4ccccc4CC23)N(c2ccccc2)C1=O. The Morgan fingerprint density at radius 2 is 1.82 bits per heavy atom. The fourth-order valence-electron chi connectivity index (χ4n) is 4.36. The Hall–Kier alpha value is -3.34. The number of carbonyl (C=O) groups excluding carboxylic acids is 2. The lowest BCUT2D eigenvalue weighted by atomic mass is 9.97. The third-order valence-corrected chi connectivity index (χ3v) is 5.75. The van der Waals surface area contributed by atoms with Crippen LogP contribution >= 0.6 is 0 Å². The number of carbonyl (C=O) groups is 2. The molecule has 5 nitrogen and oxygen atoms in total. The van der Waals surface area contributed by atoms with Crippen LogP contribution in [0, 0.1) is 5.92 Å². The van der Waals surface area contributed by atoms with Crippen LogP contribution in [0.3, 0.4) is 0 Å². The molecule has 5 heteroatoms. The molecule has 0 spiro atoms. The van der Waals surface area contributed by atoms with Crippen molar-refractivity contribution >= 4 is 17.5 Å². The van der Waals surface area contributed by atoms with Crippen LogP contribution in [0.1, 0.15) is 24.1 Å². The first kappa shape index (κ1) is 16.8. The summed E-state index contributed by atoms with van der Waals surface area (Å²) in [5, 5.41) is 3.07. The van der Waals surface area contributed by atoms with Gasteiger partial charge in [-0.15, -0.1) is 0 Å². The predicted octanol–water partition coefficient (Wildman–Crippen LogP) is 3.25. The lowest BCUT2D eigenvalue weighted by Crippen LogP contribution is -2.35. The van der Waals surface area contributed by atoms with Crippen LogP contribution < -0.4 is 10.2 Å². The highest BCUT2D eigenvalue weighted by Gasteiger charge is 2.44. The number of amides is 2. The van der Waals surface area contributed by atoms with E-state index in [1.807, 2.05) is 42.5 Å². The molecule has 140 valence electrons. The first-order chi connectivity index (χ1) is 13.6. The Kier molecular flexibility index (Phi) is 3.83. The molecule has 3 aliphatic rings. The third kappa shape index (κ3) is 2.54. The Morgan fingerprint density at radius 3 is 2.64 bits per heavy atom. The van der Waals surface area contributed by atoms with E-state index in [4.69, 9.17) is 4.74 Å². The maximum atomic E-state index is 12.6. The second kappa shape index (κ2) is 6.37. The Labute approximate surface area is 163 Å². The van der Waals surface area contributed by atoms with Crippen LogP contribution in [-0.2, 0) is 20.7 Å². The molecule has 28 heavy (non-hydrogen) atoms. The molecule has 2 aliphatic heterocycles. The van der Waals surface area contributed by atoms with Gasteiger partial charge in [0.2, 0.25) is 0 Å². The molecule has 0 aromatic heterocycles. The smallest absolute Gasteiger partial charge is 0.257 e. The Balaban J connectivity index is 1.41. The van der Waals surface area contributed by atoms with Crippen molar-refractivity contribution in [2.75, 3.05) is 4.90 Å². The van der Waals surface area contributed by atoms with Gasteiger partial charge in [-0.05, 0) is 42.7 Å². The average molecular weight is 372 g/mol. The number of benzene rings is 2. The highest BCUT2D eigenvalue weighted by Crippen LogP contribution is 2.44. The van der Waals surface area contributed by atoms with E-state index in [0.717, 1.165) is 12.1 Å². The van der Waals surface area contributed by atoms with Gasteiger partial charge < -0.3 is 10.1 Å². The van der Waals surface area contributed by atoms with E-state index >= 15 is 0 Å². The number of nitrogens with one attached hydrogen (secondary N) is 1. The number of ether oxygens (including phenoxy) is 1. The van der Waals surface area contributed by atoms with E-state index in [1.54, 1.807) is 24.2 Å². The number of para-hydroxylation sites is 1. The Morgan fingerprint density at radius 1 is 1.07 bits per heavy atom. The molecule has 3 atom stereocenters. The molecule has 5 rings (SSSR count). The van der Waals surface area contributed by atoms with E-state index in [2.05, 4.69) is 17.4 Å². The van der Waals surface area contributed by atoms with Crippen LogP contribution in [0.15, 0.2) is 78.1 Å². The fourth-order valence-corrected chi connectivity index (χ4v) is 4.36. The van der Waals surface area contributed by atoms with Crippen molar-refractivity contribution in [3.8, 4) is 0 Å². The maximum absolute atomic E-state index is 12.6. The summed E-state index contributed by atoms with van der Waals surface area (Å²) < 4.78 is 5.98. The van der Waals surface area contributed by atoms with E-state index in [-0.39, 0.29) is 23.8 Å². The first-order valence-electron chi connectivity index (χ1n) is 9.44. The van der Waals surface area contributed by atoms with E-state index in [1.165, 1.54) is 11.1 Å². The lowest BCUT2D eigenvalue weighted by molar-refractivity contribution is -0.116. The van der Waals surface area contributed by atoms with Crippen molar-refractivity contribution in [2.24, 2.45) is 5.92 Å². The largest absolute Gasteiger partial charge is 0.474 e. The van der Waals surface area contributed by atoms with Gasteiger partial charge >= 0.3 is 0 Å². The van der Waals surface area contributed by atoms with E-state index in [0.29, 0.717) is 11.1 Å². The summed E-state index contributed by atoms with van der Waals surface area (Å²) in [6.07, 6.45) is 3.60. The molecule has 3 unspecified atom stereocenters. The zero-order valence-corrected chi connectivity index (χ0v) is 15.5. The van der Waals surface area contributed by atoms with Crippen LogP contribution in [0.2, 0.25) is 0 Å². The molecule has 0 saturated carbocycles. The average Bonchev–Trinajstić information content (AvgIpc) is 3.31. The predicted molar refractivity (Wildman–Crippen MR) is 105 cm³/mol. The first-order valence-corrected chi connectivity index (χ1v) is 9.44. The zero-order chi connectivity index (χ0) is 19.3. The molecule has 1 N–H and O–H groups in total. The standard InChI is InChI=1S/C23H20N2O3/c1-14-11-20(25(23(14)27)16-8-3-2-4-9-16)28-13-19-18-12-15-7-5-6-10-17(15)21(18)24-22(19)26/h2-11,13,18,20-21H,12H2,1H3,(H,24,26)/b19-13+. The van der Waals surface area contributed by atoms with Crippen LogP contribution in [0.4, 0.5) is 5.69 Å². The minimum absolute atomic E-state index is 0.00580. The second-order valence-corrected chi connectivity index (χ2v) is 7.42. The van der Waals surface area contributed by atoms with Gasteiger partial charge in [0.25, 0.3) is 11.8 Å². The number of anilines is 1. The zero-order valence-electron chi connectivity index (χ0n) is 15.5. The van der Waals surface area contributed by atoms with Gasteiger partial charge in [-0.25, -0.2) is 0 Å². The number of fused-ring (bicyclic) bond motifs is 3. The molecule has 1 aliphatic carbocycles. The lowest BCUT2D eigenvalue weighted by Gasteiger charge is -2.24. The van der Waals surface area contributed by atoms with Gasteiger partial charge in [0.05, 0.1) is 17.9 Å². The minimum atomic E-state index is -0.557. The highest BCUT2D eigenvalue weighted by atomic mass is 16.5. The molecule has 2 heterocycles. The molecular weight excluding hydrogens is 352 g/mol. The maximum Gasteiger partial charge on any atom is 0.257 e. The summed E-state index contributed by atoms with van der Waals surface area (Å²) in [6, 6.07) is 17.6. The summed E-state index contributed by atoms with van der Waals surface area (Å²) >= 11 is 0. The van der Waals surface area contributed by atoms with Gasteiger partial charge in [0, 0.05) is 17.2 Å². The number of hydrogen-bond donors (Lipinski definition) is 1. The molecule has 2 amide bonds. The van der Waals surface area contributed by atoms with E-state index in [9.17, 15) is 9.59 Å². The van der Waals surface area contributed by atoms with Crippen molar-refractivity contribution < 1.29 is 14.3 Å². The van der Waals surface area contributed by atoms with Crippen molar-refractivity contribution in [2.45, 2.75) is 25.6 Å². The van der Waals surface area contributed by atoms with Crippen LogP contribution in [-0.4, -0.2) is 18.0 Å². The van der Waals surface area contributed by atoms with Gasteiger partial charge in [-0.3, -0.25) is 14.5 Å². The summed E-state index contributed by atoms with van der Waals surface area (Å²) in [7, 11) is 0. The number of rotatable bonds is 3. The summed E-state index contributed by atoms with van der Waals surface area (Å²) in [6.45, 7) is 1.78. The number of nitrogens with zero attached hydrogens (tertiary/aromatic N) is 1. The van der Waals surface area contributed by atoms with Gasteiger partial charge in [0.1, 0.15) is 0 Å². The number of hydrogen-bond acceptors (Lipinski definition) is 3. The molecule has 0 bridgehead atoms. The molecule has 1 saturated heterocycles. The second-order valence-electron chi connectivity index (χ2n) is 7.42. The van der Waals surface area contributed by atoms with Gasteiger partial charge in [0.15, 0.2) is 6.23 Å². The normalized spacial score (nSPS) is 26.9. The van der Waals surface area contributed by atoms with Gasteiger partial charge in [-0.1, -0.05) is 42.5 Å². The summed E-state index contributed by atoms with van der Waals surface area (Å²) in [5.41, 5.74) is 4.49. The molecule has 2 aromatic rings. The van der Waals surface area contributed by atoms with E-state index < -0.39 is 6.23 Å². The minimum Gasteiger partial charge on any atom is -0.474 e. The Bertz CT molecular complexity index is 1030. The van der Waals surface area contributed by atoms with Crippen molar-refractivity contribution in [3.63, 3.8) is 0 Å². The van der Waals surface area contributed by atoms with Gasteiger partial charge in [-0.2, -0.15) is 0 Å². The van der Waals surface area contributed by atoms with Crippen molar-refractivity contribution in [1.29, 1.82) is 0 Å². The molecule has 0 radical (unpaired) electrons. The monoisotopic (exact) mass is 372 g/mol. The van der Waals surface area contributed by atoms with Crippen LogP contribution in [0.5, 0.6) is 0 Å². The third-order valence-electron chi connectivity index (χ3n) is 5.75. The van der Waals surface area contributed by atoms with Crippen molar-refractivity contribution in [1.82, 2.24) is 5.32 Å². The fraction of sp³-hybridized carbons (Fsp3) is 0.217. The highest BCUT2D eigenvalue weighted by molar-refractivity contribution is 6.08. The molecule has 2 aromatic carbocycles. The summed E-state index contributed by atoms with van der Waals surface area (Å²) in [5.74, 6) is -0.116. The molecular formula is C23H20N2O3. The quantitative estimate of drug-likeness (QED) is 0.665. The summed E-state index contributed by atoms with van der Waals surface area (Å²) in [4.78, 5) is 26.7.